The molecule has 3 aromatic rings. The van der Waals surface area contributed by atoms with Crippen molar-refractivity contribution < 1.29 is 18.0 Å². The molecule has 0 saturated heterocycles. The molecule has 1 aromatic carbocycles. The largest absolute Gasteiger partial charge is 0.416 e. The second kappa shape index (κ2) is 6.76. The maximum Gasteiger partial charge on any atom is 0.416 e. The molecular weight excluding hydrogens is 355 g/mol. The van der Waals surface area contributed by atoms with Crippen molar-refractivity contribution >= 4 is 23.2 Å². The number of imidazole rings is 1. The van der Waals surface area contributed by atoms with E-state index in [-0.39, 0.29) is 17.4 Å². The second-order valence-electron chi connectivity index (χ2n) is 5.38. The Hall–Kier alpha value is -2.54. The first-order valence-corrected chi connectivity index (χ1v) is 7.81. The normalized spacial score (nSPS) is 11.7. The van der Waals surface area contributed by atoms with Crippen LogP contribution in [0.3, 0.4) is 0 Å². The lowest BCUT2D eigenvalue weighted by molar-refractivity contribution is -0.137. The van der Waals surface area contributed by atoms with Gasteiger partial charge in [0, 0.05) is 12.7 Å². The molecule has 2 heterocycles. The number of nitrogens with one attached hydrogen (secondary N) is 1. The third-order valence-electron chi connectivity index (χ3n) is 3.68. The van der Waals surface area contributed by atoms with E-state index in [0.29, 0.717) is 17.6 Å². The molecule has 0 spiro atoms. The average Bonchev–Trinajstić information content (AvgIpc) is 2.90. The number of amides is 1. The smallest absolute Gasteiger partial charge is 0.350 e. The summed E-state index contributed by atoms with van der Waals surface area (Å²) in [6, 6.07) is 10.1. The molecule has 0 unspecified atom stereocenters. The molecule has 0 aliphatic heterocycles. The van der Waals surface area contributed by atoms with Gasteiger partial charge in [-0.15, -0.1) is 0 Å². The number of benzene rings is 1. The molecule has 1 N–H and O–H groups in total. The molecule has 25 heavy (non-hydrogen) atoms. The van der Waals surface area contributed by atoms with Crippen molar-refractivity contribution in [1.82, 2.24) is 14.7 Å². The Kier molecular flexibility index (Phi) is 4.67. The van der Waals surface area contributed by atoms with E-state index in [2.05, 4.69) is 10.3 Å². The van der Waals surface area contributed by atoms with E-state index in [1.165, 1.54) is 12.1 Å². The Morgan fingerprint density at radius 2 is 1.88 bits per heavy atom. The van der Waals surface area contributed by atoms with Gasteiger partial charge in [0.1, 0.15) is 5.65 Å². The van der Waals surface area contributed by atoms with E-state index in [1.54, 1.807) is 28.8 Å². The van der Waals surface area contributed by atoms with Crippen LogP contribution in [0.15, 0.2) is 48.7 Å². The van der Waals surface area contributed by atoms with Crippen LogP contribution in [0, 0.1) is 0 Å². The van der Waals surface area contributed by atoms with E-state index in [0.717, 1.165) is 12.1 Å². The van der Waals surface area contributed by atoms with Crippen molar-refractivity contribution in [2.24, 2.45) is 0 Å². The van der Waals surface area contributed by atoms with Gasteiger partial charge >= 0.3 is 6.18 Å². The third-order valence-corrected chi connectivity index (χ3v) is 3.95. The molecule has 2 aromatic heterocycles. The molecule has 0 aliphatic carbocycles. The molecule has 0 bridgehead atoms. The van der Waals surface area contributed by atoms with Gasteiger partial charge in [-0.05, 0) is 36.2 Å². The summed E-state index contributed by atoms with van der Waals surface area (Å²) in [4.78, 5) is 16.4. The van der Waals surface area contributed by atoms with Crippen molar-refractivity contribution in [1.29, 1.82) is 0 Å². The summed E-state index contributed by atoms with van der Waals surface area (Å²) in [6.07, 6.45) is -2.27. The first-order chi connectivity index (χ1) is 11.9. The minimum Gasteiger partial charge on any atom is -0.350 e. The average molecular weight is 368 g/mol. The molecule has 4 nitrogen and oxygen atoms in total. The van der Waals surface area contributed by atoms with Crippen LogP contribution in [0.2, 0.25) is 5.15 Å². The Bertz CT molecular complexity index is 904. The zero-order valence-corrected chi connectivity index (χ0v) is 13.6. The number of carbonyl (C=O) groups is 1. The van der Waals surface area contributed by atoms with Gasteiger partial charge in [-0.1, -0.05) is 29.8 Å². The van der Waals surface area contributed by atoms with Gasteiger partial charge in [-0.3, -0.25) is 9.20 Å². The number of fused-ring (bicyclic) bond motifs is 1. The Labute approximate surface area is 146 Å². The molecule has 1 amide bonds. The predicted octanol–water partition coefficient (Wildman–Crippen LogP) is 3.98. The van der Waals surface area contributed by atoms with Gasteiger partial charge in [0.05, 0.1) is 5.56 Å². The first kappa shape index (κ1) is 17.3. The van der Waals surface area contributed by atoms with Gasteiger partial charge < -0.3 is 5.32 Å². The van der Waals surface area contributed by atoms with Crippen molar-refractivity contribution in [3.63, 3.8) is 0 Å². The van der Waals surface area contributed by atoms with Crippen LogP contribution in [-0.2, 0) is 12.6 Å². The van der Waals surface area contributed by atoms with Crippen molar-refractivity contribution in [3.05, 3.63) is 70.6 Å². The number of aromatic nitrogens is 2. The lowest BCUT2D eigenvalue weighted by atomic mass is 10.1. The number of hydrogen-bond donors (Lipinski definition) is 1. The summed E-state index contributed by atoms with van der Waals surface area (Å²) in [7, 11) is 0. The highest BCUT2D eigenvalue weighted by Crippen LogP contribution is 2.29. The summed E-state index contributed by atoms with van der Waals surface area (Å²) in [5, 5.41) is 2.80. The molecular formula is C17H13ClF3N3O. The Morgan fingerprint density at radius 1 is 1.16 bits per heavy atom. The van der Waals surface area contributed by atoms with Crippen LogP contribution >= 0.6 is 11.6 Å². The first-order valence-electron chi connectivity index (χ1n) is 7.43. The summed E-state index contributed by atoms with van der Waals surface area (Å²) >= 11 is 6.02. The molecule has 8 heteroatoms. The molecule has 130 valence electrons. The fraction of sp³-hybridized carbons (Fsp3) is 0.176. The topological polar surface area (TPSA) is 46.4 Å². The van der Waals surface area contributed by atoms with Gasteiger partial charge in [0.15, 0.2) is 10.8 Å². The number of halogens is 4. The quantitative estimate of drug-likeness (QED) is 0.758. The Balaban J connectivity index is 1.64. The number of carbonyl (C=O) groups excluding carboxylic acids is 1. The highest BCUT2D eigenvalue weighted by molar-refractivity contribution is 6.32. The highest BCUT2D eigenvalue weighted by Gasteiger charge is 2.29. The van der Waals surface area contributed by atoms with Gasteiger partial charge in [-0.2, -0.15) is 13.2 Å². The zero-order chi connectivity index (χ0) is 18.0. The summed E-state index contributed by atoms with van der Waals surface area (Å²) in [5.74, 6) is -0.393. The standard InChI is InChI=1S/C17H13ClF3N3O/c18-15-14(24-10-2-1-3-13(24)23-15)16(25)22-9-8-11-4-6-12(7-5-11)17(19,20)21/h1-7,10H,8-9H2,(H,22,25). The molecule has 0 aliphatic rings. The molecule has 0 atom stereocenters. The number of rotatable bonds is 4. The van der Waals surface area contributed by atoms with Gasteiger partial charge in [0.2, 0.25) is 0 Å². The SMILES string of the molecule is O=C(NCCc1ccc(C(F)(F)F)cc1)c1c(Cl)nc2ccccn12. The molecule has 0 radical (unpaired) electrons. The lowest BCUT2D eigenvalue weighted by Crippen LogP contribution is -2.27. The monoisotopic (exact) mass is 367 g/mol. The maximum atomic E-state index is 12.5. The minimum absolute atomic E-state index is 0.0956. The van der Waals surface area contributed by atoms with E-state index in [1.807, 2.05) is 0 Å². The molecule has 0 fully saturated rings. The number of hydrogen-bond acceptors (Lipinski definition) is 2. The van der Waals surface area contributed by atoms with Crippen LogP contribution in [-0.4, -0.2) is 21.8 Å². The third kappa shape index (κ3) is 3.76. The maximum absolute atomic E-state index is 12.5. The van der Waals surface area contributed by atoms with Crippen molar-refractivity contribution in [3.8, 4) is 0 Å². The number of alkyl halides is 3. The zero-order valence-electron chi connectivity index (χ0n) is 12.8. The van der Waals surface area contributed by atoms with Crippen molar-refractivity contribution in [2.45, 2.75) is 12.6 Å². The lowest BCUT2D eigenvalue weighted by Gasteiger charge is -2.08. The summed E-state index contributed by atoms with van der Waals surface area (Å²) in [6.45, 7) is 0.264. The van der Waals surface area contributed by atoms with Crippen LogP contribution < -0.4 is 5.32 Å². The highest BCUT2D eigenvalue weighted by atomic mass is 35.5. The number of pyridine rings is 1. The van der Waals surface area contributed by atoms with E-state index in [4.69, 9.17) is 11.6 Å². The minimum atomic E-state index is -4.35. The molecule has 0 saturated carbocycles. The van der Waals surface area contributed by atoms with Crippen LogP contribution in [0.1, 0.15) is 21.6 Å². The van der Waals surface area contributed by atoms with Gasteiger partial charge in [0.25, 0.3) is 5.91 Å². The van der Waals surface area contributed by atoms with Crippen LogP contribution in [0.4, 0.5) is 13.2 Å². The molecule has 3 rings (SSSR count). The summed E-state index contributed by atoms with van der Waals surface area (Å²) in [5.41, 5.74) is 0.778. The fourth-order valence-corrected chi connectivity index (χ4v) is 2.70. The fourth-order valence-electron chi connectivity index (χ4n) is 2.43. The van der Waals surface area contributed by atoms with E-state index in [9.17, 15) is 18.0 Å². The second-order valence-corrected chi connectivity index (χ2v) is 5.74. The predicted molar refractivity (Wildman–Crippen MR) is 87.7 cm³/mol. The summed E-state index contributed by atoms with van der Waals surface area (Å²) < 4.78 is 39.1. The van der Waals surface area contributed by atoms with E-state index >= 15 is 0 Å². The van der Waals surface area contributed by atoms with Crippen LogP contribution in [0.5, 0.6) is 0 Å². The van der Waals surface area contributed by atoms with Gasteiger partial charge in [-0.25, -0.2) is 4.98 Å². The van der Waals surface area contributed by atoms with E-state index < -0.39 is 17.6 Å². The van der Waals surface area contributed by atoms with Crippen LogP contribution in [0.25, 0.3) is 5.65 Å². The van der Waals surface area contributed by atoms with Crippen molar-refractivity contribution in [2.75, 3.05) is 6.54 Å². The number of nitrogens with zero attached hydrogens (tertiary/aromatic N) is 2. The Morgan fingerprint density at radius 3 is 2.56 bits per heavy atom.